The maximum atomic E-state index is 14.1. The average Bonchev–Trinajstić information content (AvgIpc) is 3.40. The van der Waals surface area contributed by atoms with Crippen molar-refractivity contribution in [2.75, 3.05) is 26.4 Å². The summed E-state index contributed by atoms with van der Waals surface area (Å²) in [6.07, 6.45) is -9.00. The summed E-state index contributed by atoms with van der Waals surface area (Å²) in [5.74, 6) is 1.45. The Morgan fingerprint density at radius 1 is 0.979 bits per heavy atom. The van der Waals surface area contributed by atoms with Gasteiger partial charge >= 0.3 is 18.4 Å². The molecule has 1 fully saturated rings. The van der Waals surface area contributed by atoms with Gasteiger partial charge in [-0.15, -0.1) is 0 Å². The quantitative estimate of drug-likeness (QED) is 0.161. The lowest BCUT2D eigenvalue weighted by atomic mass is 9.84. The van der Waals surface area contributed by atoms with Gasteiger partial charge in [0.05, 0.1) is 31.9 Å². The Balaban J connectivity index is 1.39. The van der Waals surface area contributed by atoms with Crippen LogP contribution in [-0.4, -0.2) is 49.8 Å². The van der Waals surface area contributed by atoms with Crippen LogP contribution in [0.3, 0.4) is 0 Å². The molecule has 47 heavy (non-hydrogen) atoms. The fourth-order valence-electron chi connectivity index (χ4n) is 5.97. The van der Waals surface area contributed by atoms with E-state index in [1.165, 1.54) is 5.06 Å². The first kappa shape index (κ1) is 36.6. The maximum absolute atomic E-state index is 14.1. The van der Waals surface area contributed by atoms with Gasteiger partial charge in [-0.05, 0) is 73.4 Å². The second-order valence-electron chi connectivity index (χ2n) is 12.8. The van der Waals surface area contributed by atoms with Crippen molar-refractivity contribution in [1.82, 2.24) is 10.4 Å². The minimum absolute atomic E-state index is 0.115. The number of halogens is 6. The number of nitrogens with zero attached hydrogens (tertiary/aromatic N) is 1. The van der Waals surface area contributed by atoms with E-state index in [4.69, 9.17) is 14.3 Å². The summed E-state index contributed by atoms with van der Waals surface area (Å²) in [5, 5.41) is 4.25. The van der Waals surface area contributed by atoms with Gasteiger partial charge in [-0.1, -0.05) is 52.7 Å². The smallest absolute Gasteiger partial charge is 0.430 e. The third-order valence-corrected chi connectivity index (χ3v) is 8.40. The molecule has 1 saturated heterocycles. The fraction of sp³-hybridized carbons (Fsp3) is 0.618. The van der Waals surface area contributed by atoms with Gasteiger partial charge in [-0.25, -0.2) is 9.86 Å². The van der Waals surface area contributed by atoms with Gasteiger partial charge in [-0.3, -0.25) is 4.84 Å². The normalized spacial score (nSPS) is 19.6. The van der Waals surface area contributed by atoms with E-state index in [2.05, 4.69) is 23.9 Å². The molecule has 0 spiro atoms. The zero-order valence-electron chi connectivity index (χ0n) is 27.5. The van der Waals surface area contributed by atoms with E-state index in [0.29, 0.717) is 49.5 Å². The van der Waals surface area contributed by atoms with Gasteiger partial charge in [0.25, 0.3) is 5.60 Å². The predicted molar refractivity (Wildman–Crippen MR) is 163 cm³/mol. The molecular formula is C34H44F6N2O5. The number of ether oxygens (including phenoxy) is 3. The van der Waals surface area contributed by atoms with Gasteiger partial charge < -0.3 is 19.5 Å². The Hall–Kier alpha value is -3.19. The van der Waals surface area contributed by atoms with E-state index in [9.17, 15) is 31.1 Å². The molecule has 2 heterocycles. The van der Waals surface area contributed by atoms with Gasteiger partial charge in [0, 0.05) is 11.1 Å². The summed E-state index contributed by atoms with van der Waals surface area (Å²) < 4.78 is 101. The van der Waals surface area contributed by atoms with E-state index >= 15 is 0 Å². The summed E-state index contributed by atoms with van der Waals surface area (Å²) >= 11 is 0. The minimum atomic E-state index is -5.70. The number of hydrogen-bond acceptors (Lipinski definition) is 5. The number of aryl methyl sites for hydroxylation is 1. The summed E-state index contributed by atoms with van der Waals surface area (Å²) in [5.41, 5.74) is -4.66. The van der Waals surface area contributed by atoms with Crippen molar-refractivity contribution in [1.29, 1.82) is 0 Å². The van der Waals surface area contributed by atoms with Crippen LogP contribution in [0.2, 0.25) is 0 Å². The molecule has 7 nitrogen and oxygen atoms in total. The van der Waals surface area contributed by atoms with E-state index < -0.39 is 41.7 Å². The number of fused-ring (bicyclic) bond motifs is 1. The van der Waals surface area contributed by atoms with Crippen LogP contribution in [0.25, 0.3) is 0 Å². The van der Waals surface area contributed by atoms with Crippen molar-refractivity contribution in [3.8, 4) is 11.5 Å². The molecule has 0 aromatic heterocycles. The number of carbonyl (C=O) groups excluding carboxylic acids is 1. The summed E-state index contributed by atoms with van der Waals surface area (Å²) in [7, 11) is 0. The van der Waals surface area contributed by atoms with Crippen molar-refractivity contribution in [2.24, 2.45) is 5.92 Å². The van der Waals surface area contributed by atoms with Crippen LogP contribution in [0.15, 0.2) is 30.3 Å². The topological polar surface area (TPSA) is 69.3 Å². The fourth-order valence-corrected chi connectivity index (χ4v) is 5.97. The lowest BCUT2D eigenvalue weighted by Crippen LogP contribution is -2.58. The summed E-state index contributed by atoms with van der Waals surface area (Å²) in [4.78, 5) is 18.7. The molecule has 0 radical (unpaired) electrons. The number of hydroxylamine groups is 2. The molecule has 0 bridgehead atoms. The number of nitrogens with one attached hydrogen (secondary N) is 1. The highest BCUT2D eigenvalue weighted by Gasteiger charge is 2.76. The molecule has 1 unspecified atom stereocenters. The molecule has 1 N–H and O–H groups in total. The van der Waals surface area contributed by atoms with Crippen molar-refractivity contribution in [3.05, 3.63) is 58.1 Å². The minimum Gasteiger partial charge on any atom is -0.493 e. The number of alkyl halides is 6. The van der Waals surface area contributed by atoms with Gasteiger partial charge in [-0.2, -0.15) is 26.3 Å². The van der Waals surface area contributed by atoms with Gasteiger partial charge in [0.1, 0.15) is 18.1 Å². The highest BCUT2D eigenvalue weighted by Crippen LogP contribution is 2.58. The first-order chi connectivity index (χ1) is 22.1. The molecule has 2 aromatic carbocycles. The highest BCUT2D eigenvalue weighted by atomic mass is 19.4. The van der Waals surface area contributed by atoms with Gasteiger partial charge in [0.2, 0.25) is 0 Å². The molecule has 13 heteroatoms. The van der Waals surface area contributed by atoms with Crippen molar-refractivity contribution >= 4 is 6.03 Å². The Morgan fingerprint density at radius 2 is 1.64 bits per heavy atom. The highest BCUT2D eigenvalue weighted by molar-refractivity contribution is 5.75. The van der Waals surface area contributed by atoms with E-state index in [-0.39, 0.29) is 43.7 Å². The lowest BCUT2D eigenvalue weighted by molar-refractivity contribution is -0.385. The van der Waals surface area contributed by atoms with Crippen molar-refractivity contribution in [2.45, 2.75) is 103 Å². The van der Waals surface area contributed by atoms with E-state index in [0.717, 1.165) is 17.4 Å². The molecule has 2 amide bonds. The first-order valence-corrected chi connectivity index (χ1v) is 16.1. The maximum Gasteiger partial charge on any atom is 0.430 e. The van der Waals surface area contributed by atoms with E-state index in [1.807, 2.05) is 31.2 Å². The molecule has 1 atom stereocenters. The molecular weight excluding hydrogens is 630 g/mol. The number of urea groups is 1. The largest absolute Gasteiger partial charge is 0.493 e. The summed E-state index contributed by atoms with van der Waals surface area (Å²) in [6.45, 7) is 9.99. The number of unbranched alkanes of at least 4 members (excludes halogenated alkanes) is 1. The van der Waals surface area contributed by atoms with Crippen LogP contribution >= 0.6 is 0 Å². The Kier molecular flexibility index (Phi) is 11.3. The van der Waals surface area contributed by atoms with Crippen LogP contribution in [0.5, 0.6) is 11.5 Å². The molecule has 0 saturated carbocycles. The number of rotatable bonds is 14. The average molecular weight is 675 g/mol. The van der Waals surface area contributed by atoms with Crippen LogP contribution in [0.4, 0.5) is 31.1 Å². The predicted octanol–water partition coefficient (Wildman–Crippen LogP) is 8.51. The standard InChI is InChI=1S/C34H44F6N2O5/c1-6-10-23-18-28-27(20-46-32(28,33(35,36)37)34(38,39)40)26(11-7-2)29(23)44-17-9-8-16-42-30(43)41-31(5,21-47-42)24-12-14-25(15-13-24)45-19-22(3)4/h12-15,18,22H,6-11,16-17,19-21H2,1-5H3,(H,41,43). The third-order valence-electron chi connectivity index (χ3n) is 8.40. The van der Waals surface area contributed by atoms with Crippen LogP contribution in [-0.2, 0) is 40.2 Å². The number of benzene rings is 2. The van der Waals surface area contributed by atoms with Crippen molar-refractivity contribution < 1.29 is 50.2 Å². The first-order valence-electron chi connectivity index (χ1n) is 16.1. The SMILES string of the molecule is CCCc1cc2c(c(CCC)c1OCCCCN1OCC(C)(c3ccc(OCC(C)C)cc3)NC1=O)COC2(C(F)(F)F)C(F)(F)F. The Labute approximate surface area is 271 Å². The van der Waals surface area contributed by atoms with Crippen LogP contribution < -0.4 is 14.8 Å². The number of carbonyl (C=O) groups is 1. The second-order valence-corrected chi connectivity index (χ2v) is 12.8. The lowest BCUT2D eigenvalue weighted by Gasteiger charge is -2.39. The Bertz CT molecular complexity index is 1370. The Morgan fingerprint density at radius 3 is 2.21 bits per heavy atom. The molecule has 2 aromatic rings. The summed E-state index contributed by atoms with van der Waals surface area (Å²) in [6, 6.07) is 8.07. The number of hydrogen-bond donors (Lipinski definition) is 1. The zero-order chi connectivity index (χ0) is 34.6. The third kappa shape index (κ3) is 7.61. The molecule has 4 rings (SSSR count). The van der Waals surface area contributed by atoms with Crippen LogP contribution in [0.1, 0.15) is 88.1 Å². The molecule has 2 aliphatic rings. The second kappa shape index (κ2) is 14.5. The molecule has 0 aliphatic carbocycles. The molecule has 2 aliphatic heterocycles. The van der Waals surface area contributed by atoms with E-state index in [1.54, 1.807) is 13.8 Å². The number of amides is 2. The van der Waals surface area contributed by atoms with Crippen LogP contribution in [0, 0.1) is 5.92 Å². The van der Waals surface area contributed by atoms with Crippen molar-refractivity contribution in [3.63, 3.8) is 0 Å². The van der Waals surface area contributed by atoms with Gasteiger partial charge in [0.15, 0.2) is 0 Å². The molecule has 262 valence electrons. The zero-order valence-corrected chi connectivity index (χ0v) is 27.5. The monoisotopic (exact) mass is 674 g/mol.